The standard InChI is InChI=1S/C65H89Cl2N9O13S/c1-45-61(90-44-71-45)47-14-12-46(13-15-47)40-70-63(79)55-34-49(77)42-76(55)64(80)62(65(2,3)4)73-59(78)43-88-33-32-87-31-30-86-29-28-85-27-26-84-25-24-83-22-10-8-7-9-16-74-18-20-75(21-19-74)17-11-23-89-58-37-53-50(35-57(58)82-6)60(48(39-68)41-69-53)72-54-38-56(81-5)52(67)36-51(54)66/h12-15,35-38,41,44,49,55,62,77H,7-11,16-34,40,42-43H2,1-6H3,(H,69,72)(H,70,79)(H,73,78). The number of rotatable bonds is 39. The van der Waals surface area contributed by atoms with Crippen LogP contribution in [0.1, 0.15) is 76.1 Å². The zero-order valence-electron chi connectivity index (χ0n) is 52.8. The van der Waals surface area contributed by atoms with Crippen molar-refractivity contribution in [2.45, 2.75) is 91.0 Å². The van der Waals surface area contributed by atoms with Crippen LogP contribution in [0.4, 0.5) is 11.4 Å². The molecular weight excluding hydrogens is 1220 g/mol. The number of pyridine rings is 1. The summed E-state index contributed by atoms with van der Waals surface area (Å²) >= 11 is 14.3. The minimum Gasteiger partial charge on any atom is -0.495 e. The lowest BCUT2D eigenvalue weighted by molar-refractivity contribution is -0.144. The number of aliphatic hydroxyl groups excluding tert-OH is 1. The number of amides is 3. The van der Waals surface area contributed by atoms with Gasteiger partial charge in [-0.2, -0.15) is 5.26 Å². The van der Waals surface area contributed by atoms with Gasteiger partial charge < -0.3 is 78.4 Å². The maximum atomic E-state index is 13.9. The molecule has 0 saturated carbocycles. The number of aliphatic hydroxyl groups is 1. The number of unbranched alkanes of at least 4 members (excludes halogenated alkanes) is 3. The second-order valence-corrected chi connectivity index (χ2v) is 24.8. The molecule has 0 spiro atoms. The van der Waals surface area contributed by atoms with E-state index >= 15 is 0 Å². The maximum Gasteiger partial charge on any atom is 0.246 e. The fourth-order valence-electron chi connectivity index (χ4n) is 10.5. The number of nitriles is 1. The second kappa shape index (κ2) is 37.5. The van der Waals surface area contributed by atoms with E-state index in [0.29, 0.717) is 115 Å². The lowest BCUT2D eigenvalue weighted by Crippen LogP contribution is -2.58. The van der Waals surface area contributed by atoms with Gasteiger partial charge in [0, 0.05) is 82.6 Å². The number of hydrogen-bond donors (Lipinski definition) is 4. The Morgan fingerprint density at radius 2 is 1.36 bits per heavy atom. The highest BCUT2D eigenvalue weighted by atomic mass is 35.5. The largest absolute Gasteiger partial charge is 0.495 e. The minimum absolute atomic E-state index is 0.0160. The van der Waals surface area contributed by atoms with Crippen LogP contribution in [-0.4, -0.2) is 212 Å². The normalized spacial score (nSPS) is 15.8. The van der Waals surface area contributed by atoms with E-state index in [2.05, 4.69) is 41.8 Å². The number of β-amino-alcohol motifs (C(OH)–C–C–N with tert-alkyl or cyclic N) is 1. The molecule has 3 unspecified atom stereocenters. The number of likely N-dealkylation sites (tertiary alicyclic amines) is 1. The van der Waals surface area contributed by atoms with Crippen LogP contribution in [0.3, 0.4) is 0 Å². The van der Waals surface area contributed by atoms with E-state index < -0.39 is 35.4 Å². The van der Waals surface area contributed by atoms with Gasteiger partial charge in [-0.3, -0.25) is 19.4 Å². The van der Waals surface area contributed by atoms with Crippen molar-refractivity contribution in [1.29, 1.82) is 5.26 Å². The number of nitrogens with one attached hydrogen (secondary N) is 3. The van der Waals surface area contributed by atoms with E-state index in [-0.39, 0.29) is 45.2 Å². The summed E-state index contributed by atoms with van der Waals surface area (Å²) < 4.78 is 51.1. The van der Waals surface area contributed by atoms with Crippen LogP contribution in [0, 0.1) is 23.7 Å². The number of aryl methyl sites for hydroxylation is 1. The molecule has 4 N–H and O–H groups in total. The Balaban J connectivity index is 0.626. The Kier molecular flexibility index (Phi) is 29.8. The van der Waals surface area contributed by atoms with E-state index in [4.69, 9.17) is 65.8 Å². The Morgan fingerprint density at radius 3 is 1.96 bits per heavy atom. The van der Waals surface area contributed by atoms with Crippen LogP contribution in [0.2, 0.25) is 10.0 Å². The number of carbonyl (C=O) groups excluding carboxylic acids is 3. The van der Waals surface area contributed by atoms with E-state index in [1.54, 1.807) is 30.6 Å². The number of anilines is 2. The number of carbonyl (C=O) groups is 3. The molecule has 2 aliphatic rings. The number of halogens is 2. The monoisotopic (exact) mass is 1310 g/mol. The van der Waals surface area contributed by atoms with Gasteiger partial charge in [-0.15, -0.1) is 11.3 Å². The molecule has 25 heteroatoms. The highest BCUT2D eigenvalue weighted by Crippen LogP contribution is 2.41. The molecule has 90 heavy (non-hydrogen) atoms. The molecule has 4 heterocycles. The summed E-state index contributed by atoms with van der Waals surface area (Å²) in [6.07, 6.45) is 6.13. The van der Waals surface area contributed by atoms with Gasteiger partial charge in [-0.25, -0.2) is 4.98 Å². The van der Waals surface area contributed by atoms with Gasteiger partial charge >= 0.3 is 0 Å². The number of aromatic nitrogens is 2. The molecule has 2 saturated heterocycles. The van der Waals surface area contributed by atoms with Crippen LogP contribution in [0.15, 0.2) is 60.2 Å². The van der Waals surface area contributed by atoms with Crippen molar-refractivity contribution < 1.29 is 62.1 Å². The first-order valence-corrected chi connectivity index (χ1v) is 32.5. The van der Waals surface area contributed by atoms with Gasteiger partial charge in [-0.1, -0.05) is 81.1 Å². The number of benzene rings is 3. The third-order valence-corrected chi connectivity index (χ3v) is 17.0. The Morgan fingerprint density at radius 1 is 0.744 bits per heavy atom. The van der Waals surface area contributed by atoms with Crippen molar-refractivity contribution in [3.05, 3.63) is 87.1 Å². The molecule has 3 atom stereocenters. The van der Waals surface area contributed by atoms with Crippen molar-refractivity contribution in [3.8, 4) is 33.8 Å². The van der Waals surface area contributed by atoms with Crippen LogP contribution in [0.25, 0.3) is 21.3 Å². The third-order valence-electron chi connectivity index (χ3n) is 15.4. The summed E-state index contributed by atoms with van der Waals surface area (Å²) in [4.78, 5) is 56.7. The maximum absolute atomic E-state index is 13.9. The topological polar surface area (TPSA) is 250 Å². The zero-order valence-corrected chi connectivity index (χ0v) is 55.1. The lowest BCUT2D eigenvalue weighted by atomic mass is 9.85. The number of hydrogen-bond acceptors (Lipinski definition) is 20. The van der Waals surface area contributed by atoms with Crippen molar-refractivity contribution >= 4 is 74.5 Å². The molecule has 7 rings (SSSR count). The van der Waals surface area contributed by atoms with Gasteiger partial charge in [0.05, 0.1) is 142 Å². The number of piperazine rings is 1. The molecule has 0 aliphatic carbocycles. The third kappa shape index (κ3) is 22.4. The Bertz CT molecular complexity index is 3090. The molecule has 5 aromatic rings. The summed E-state index contributed by atoms with van der Waals surface area (Å²) in [5.74, 6) is 0.266. The van der Waals surface area contributed by atoms with E-state index in [1.807, 2.05) is 69.6 Å². The predicted molar refractivity (Wildman–Crippen MR) is 347 cm³/mol. The van der Waals surface area contributed by atoms with Crippen LogP contribution < -0.4 is 30.2 Å². The van der Waals surface area contributed by atoms with E-state index in [0.717, 1.165) is 86.8 Å². The average molecular weight is 1310 g/mol. The number of methoxy groups -OCH3 is 2. The van der Waals surface area contributed by atoms with Gasteiger partial charge in [0.1, 0.15) is 30.5 Å². The van der Waals surface area contributed by atoms with Gasteiger partial charge in [0.2, 0.25) is 17.7 Å². The molecule has 2 fully saturated rings. The van der Waals surface area contributed by atoms with E-state index in [1.165, 1.54) is 31.0 Å². The van der Waals surface area contributed by atoms with Gasteiger partial charge in [0.15, 0.2) is 11.5 Å². The SMILES string of the molecule is COc1cc(Nc2c(C#N)cnc3cc(OCCCN4CCN(CCCCCCOCCOCCOCCOCCOCCOCC(=O)NC(C(=O)N5CC(O)CC5C(=O)NCc5ccc(-c6scnc6C)cc5)C(C)(C)C)CC4)c(OC)cc23)c(Cl)cc1Cl. The molecular formula is C65H89Cl2N9O13S. The van der Waals surface area contributed by atoms with Gasteiger partial charge in [-0.05, 0) is 61.4 Å². The molecule has 0 radical (unpaired) electrons. The fraction of sp³-hybridized carbons (Fsp3) is 0.569. The Hall–Kier alpha value is -5.98. The highest BCUT2D eigenvalue weighted by Gasteiger charge is 2.44. The van der Waals surface area contributed by atoms with Crippen molar-refractivity contribution in [2.24, 2.45) is 5.41 Å². The first-order valence-electron chi connectivity index (χ1n) is 30.9. The molecule has 492 valence electrons. The van der Waals surface area contributed by atoms with Crippen LogP contribution >= 0.6 is 34.5 Å². The molecule has 0 bridgehead atoms. The number of ether oxygens (including phenoxy) is 9. The number of thiazole rings is 1. The summed E-state index contributed by atoms with van der Waals surface area (Å²) in [6.45, 7) is 18.9. The van der Waals surface area contributed by atoms with Crippen molar-refractivity contribution in [2.75, 3.05) is 151 Å². The second-order valence-electron chi connectivity index (χ2n) is 23.1. The lowest BCUT2D eigenvalue weighted by Gasteiger charge is -2.35. The summed E-state index contributed by atoms with van der Waals surface area (Å²) in [5.41, 5.74) is 6.04. The summed E-state index contributed by atoms with van der Waals surface area (Å²) in [6, 6.07) is 15.2. The molecule has 3 aromatic carbocycles. The molecule has 22 nitrogen and oxygen atoms in total. The summed E-state index contributed by atoms with van der Waals surface area (Å²) in [5, 5.41) is 30.9. The first-order chi connectivity index (χ1) is 43.6. The summed E-state index contributed by atoms with van der Waals surface area (Å²) in [7, 11) is 3.11. The van der Waals surface area contributed by atoms with Crippen molar-refractivity contribution in [1.82, 2.24) is 35.3 Å². The van der Waals surface area contributed by atoms with Gasteiger partial charge in [0.25, 0.3) is 0 Å². The molecule has 2 aliphatic heterocycles. The average Bonchev–Trinajstić information content (AvgIpc) is 0.984. The highest BCUT2D eigenvalue weighted by molar-refractivity contribution is 7.13. The van der Waals surface area contributed by atoms with Crippen LogP contribution in [0.5, 0.6) is 17.2 Å². The first kappa shape index (κ1) is 71.5. The molecule has 3 amide bonds. The predicted octanol–water partition coefficient (Wildman–Crippen LogP) is 8.46. The number of fused-ring (bicyclic) bond motifs is 1. The minimum atomic E-state index is -0.963. The van der Waals surface area contributed by atoms with E-state index in [9.17, 15) is 24.8 Å². The van der Waals surface area contributed by atoms with Crippen molar-refractivity contribution in [3.63, 3.8) is 0 Å². The molecule has 2 aromatic heterocycles. The quantitative estimate of drug-likeness (QED) is 0.0269. The number of nitrogens with zero attached hydrogens (tertiary/aromatic N) is 6. The zero-order chi connectivity index (χ0) is 64.3. The van der Waals surface area contributed by atoms with Crippen LogP contribution in [-0.2, 0) is 49.3 Å². The fourth-order valence-corrected chi connectivity index (χ4v) is 11.8. The Labute approximate surface area is 543 Å². The smallest absolute Gasteiger partial charge is 0.246 e.